The van der Waals surface area contributed by atoms with Crippen LogP contribution in [-0.2, 0) is 6.42 Å². The predicted octanol–water partition coefficient (Wildman–Crippen LogP) is 6.11. The summed E-state index contributed by atoms with van der Waals surface area (Å²) in [6.07, 6.45) is 6.35. The summed E-state index contributed by atoms with van der Waals surface area (Å²) in [5, 5.41) is 21.2. The van der Waals surface area contributed by atoms with Crippen molar-refractivity contribution >= 4 is 11.0 Å². The Kier molecular flexibility index (Phi) is 6.23. The number of hydrogen-bond acceptors (Lipinski definition) is 4. The maximum atomic E-state index is 12.7. The van der Waals surface area contributed by atoms with E-state index < -0.39 is 0 Å². The molecule has 0 aliphatic carbocycles. The predicted molar refractivity (Wildman–Crippen MR) is 117 cm³/mol. The van der Waals surface area contributed by atoms with Gasteiger partial charge in [0.05, 0.1) is 0 Å². The van der Waals surface area contributed by atoms with Gasteiger partial charge in [0.15, 0.2) is 5.43 Å². The lowest BCUT2D eigenvalue weighted by atomic mass is 10.0. The molecule has 150 valence electrons. The molecule has 4 nitrogen and oxygen atoms in total. The van der Waals surface area contributed by atoms with Gasteiger partial charge in [0.2, 0.25) is 0 Å². The molecule has 0 radical (unpaired) electrons. The van der Waals surface area contributed by atoms with Crippen molar-refractivity contribution in [2.75, 3.05) is 0 Å². The summed E-state index contributed by atoms with van der Waals surface area (Å²) >= 11 is 0. The Morgan fingerprint density at radius 3 is 2.45 bits per heavy atom. The lowest BCUT2D eigenvalue weighted by Gasteiger charge is -2.10. The molecule has 0 bridgehead atoms. The average molecular weight is 390 g/mol. The zero-order valence-electron chi connectivity index (χ0n) is 17.0. The fourth-order valence-electron chi connectivity index (χ4n) is 3.24. The minimum absolute atomic E-state index is 0.0864. The van der Waals surface area contributed by atoms with Gasteiger partial charge in [-0.2, -0.15) is 0 Å². The molecule has 1 heterocycles. The smallest absolute Gasteiger partial charge is 0.197 e. The third kappa shape index (κ3) is 4.77. The minimum atomic E-state index is -0.340. The third-order valence-electron chi connectivity index (χ3n) is 4.88. The molecular weight excluding hydrogens is 364 g/mol. The number of phenolic OH excluding ortho intramolecular Hbond substituents is 2. The van der Waals surface area contributed by atoms with Crippen LogP contribution >= 0.6 is 0 Å². The quantitative estimate of drug-likeness (QED) is 0.498. The van der Waals surface area contributed by atoms with Crippen LogP contribution < -0.4 is 5.43 Å². The van der Waals surface area contributed by atoms with Crippen LogP contribution in [0.5, 0.6) is 11.5 Å². The van der Waals surface area contributed by atoms with Crippen LogP contribution in [0.2, 0.25) is 0 Å². The van der Waals surface area contributed by atoms with Crippen molar-refractivity contribution in [3.63, 3.8) is 0 Å². The third-order valence-corrected chi connectivity index (χ3v) is 4.88. The van der Waals surface area contributed by atoms with Gasteiger partial charge in [-0.3, -0.25) is 4.79 Å². The van der Waals surface area contributed by atoms with E-state index in [2.05, 4.69) is 19.9 Å². The molecule has 0 atom stereocenters. The normalized spacial score (nSPS) is 11.6. The summed E-state index contributed by atoms with van der Waals surface area (Å²) < 4.78 is 5.80. The molecule has 3 aromatic rings. The number of benzene rings is 2. The first-order valence-electron chi connectivity index (χ1n) is 9.73. The summed E-state index contributed by atoms with van der Waals surface area (Å²) in [7, 11) is 0. The minimum Gasteiger partial charge on any atom is -0.507 e. The zero-order valence-corrected chi connectivity index (χ0v) is 17.0. The topological polar surface area (TPSA) is 70.7 Å². The van der Waals surface area contributed by atoms with Crippen molar-refractivity contribution in [2.24, 2.45) is 0 Å². The number of allylic oxidation sites excluding steroid dienone is 4. The first kappa shape index (κ1) is 20.5. The standard InChI is InChI=1S/C25H26O4/c1-16(2)8-7-9-17(3)12-13-19-20(26)14-23-24(25(19)28)21(27)15-22(29-23)18-10-5-4-6-11-18/h4-6,8,10-12,14-15,26,28H,7,9,13H2,1-3H3/b17-12+. The number of hydrogen-bond donors (Lipinski definition) is 2. The molecule has 0 aliphatic rings. The maximum Gasteiger partial charge on any atom is 0.197 e. The van der Waals surface area contributed by atoms with Gasteiger partial charge in [0.25, 0.3) is 0 Å². The second-order valence-corrected chi connectivity index (χ2v) is 7.51. The Balaban J connectivity index is 1.96. The van der Waals surface area contributed by atoms with Crippen LogP contribution in [0.1, 0.15) is 39.2 Å². The van der Waals surface area contributed by atoms with E-state index in [0.717, 1.165) is 24.0 Å². The summed E-state index contributed by atoms with van der Waals surface area (Å²) in [5.41, 5.74) is 3.35. The molecule has 1 aromatic heterocycles. The van der Waals surface area contributed by atoms with E-state index in [-0.39, 0.29) is 27.9 Å². The van der Waals surface area contributed by atoms with Gasteiger partial charge in [-0.15, -0.1) is 0 Å². The molecule has 2 N–H and O–H groups in total. The fraction of sp³-hybridized carbons (Fsp3) is 0.240. The second kappa shape index (κ2) is 8.82. The molecule has 4 heteroatoms. The highest BCUT2D eigenvalue weighted by atomic mass is 16.3. The van der Waals surface area contributed by atoms with Crippen LogP contribution in [0.25, 0.3) is 22.3 Å². The van der Waals surface area contributed by atoms with Crippen molar-refractivity contribution in [2.45, 2.75) is 40.0 Å². The lowest BCUT2D eigenvalue weighted by molar-refractivity contribution is 0.443. The highest BCUT2D eigenvalue weighted by Crippen LogP contribution is 2.36. The second-order valence-electron chi connectivity index (χ2n) is 7.51. The van der Waals surface area contributed by atoms with Crippen molar-refractivity contribution in [1.29, 1.82) is 0 Å². The monoisotopic (exact) mass is 390 g/mol. The number of aromatic hydroxyl groups is 2. The average Bonchev–Trinajstić information content (AvgIpc) is 2.67. The van der Waals surface area contributed by atoms with E-state index in [0.29, 0.717) is 17.7 Å². The molecule has 0 amide bonds. The van der Waals surface area contributed by atoms with Crippen LogP contribution in [0.15, 0.2) is 75.0 Å². The fourth-order valence-corrected chi connectivity index (χ4v) is 3.24. The Morgan fingerprint density at radius 2 is 1.76 bits per heavy atom. The van der Waals surface area contributed by atoms with E-state index >= 15 is 0 Å². The molecule has 0 aliphatic heterocycles. The van der Waals surface area contributed by atoms with E-state index in [1.807, 2.05) is 43.3 Å². The molecule has 0 spiro atoms. The van der Waals surface area contributed by atoms with Crippen LogP contribution in [0, 0.1) is 0 Å². The largest absolute Gasteiger partial charge is 0.507 e. The van der Waals surface area contributed by atoms with E-state index in [1.54, 1.807) is 0 Å². The van der Waals surface area contributed by atoms with Crippen LogP contribution in [0.3, 0.4) is 0 Å². The van der Waals surface area contributed by atoms with Crippen LogP contribution in [0.4, 0.5) is 0 Å². The highest BCUT2D eigenvalue weighted by molar-refractivity contribution is 5.88. The van der Waals surface area contributed by atoms with Crippen molar-refractivity contribution in [3.05, 3.63) is 81.5 Å². The first-order chi connectivity index (χ1) is 13.9. The molecule has 3 rings (SSSR count). The SMILES string of the molecule is CC(C)=CCC/C(C)=C/Cc1c(O)cc2oc(-c3ccccc3)cc(=O)c2c1O. The highest BCUT2D eigenvalue weighted by Gasteiger charge is 2.17. The van der Waals surface area contributed by atoms with Gasteiger partial charge in [-0.1, -0.05) is 53.6 Å². The van der Waals surface area contributed by atoms with Gasteiger partial charge >= 0.3 is 0 Å². The van der Waals surface area contributed by atoms with Gasteiger partial charge in [-0.05, 0) is 40.0 Å². The Morgan fingerprint density at radius 1 is 1.03 bits per heavy atom. The molecule has 2 aromatic carbocycles. The number of fused-ring (bicyclic) bond motifs is 1. The van der Waals surface area contributed by atoms with Crippen molar-refractivity contribution < 1.29 is 14.6 Å². The number of rotatable bonds is 6. The van der Waals surface area contributed by atoms with Crippen molar-refractivity contribution in [1.82, 2.24) is 0 Å². The molecule has 0 unspecified atom stereocenters. The maximum absolute atomic E-state index is 12.7. The van der Waals surface area contributed by atoms with Crippen LogP contribution in [-0.4, -0.2) is 10.2 Å². The summed E-state index contributed by atoms with van der Waals surface area (Å²) in [4.78, 5) is 12.7. The van der Waals surface area contributed by atoms with E-state index in [1.165, 1.54) is 17.7 Å². The molecule has 0 fully saturated rings. The summed E-state index contributed by atoms with van der Waals surface area (Å²) in [6.45, 7) is 6.16. The Bertz CT molecular complexity index is 1130. The first-order valence-corrected chi connectivity index (χ1v) is 9.73. The molecular formula is C25H26O4. The molecule has 0 saturated heterocycles. The van der Waals surface area contributed by atoms with Gasteiger partial charge in [0, 0.05) is 23.3 Å². The van der Waals surface area contributed by atoms with Crippen molar-refractivity contribution in [3.8, 4) is 22.8 Å². The Labute approximate surface area is 170 Å². The molecule has 29 heavy (non-hydrogen) atoms. The lowest BCUT2D eigenvalue weighted by Crippen LogP contribution is -2.02. The van der Waals surface area contributed by atoms with Gasteiger partial charge < -0.3 is 14.6 Å². The number of phenols is 2. The molecule has 0 saturated carbocycles. The zero-order chi connectivity index (χ0) is 21.0. The summed E-state index contributed by atoms with van der Waals surface area (Å²) in [6, 6.07) is 12.0. The van der Waals surface area contributed by atoms with E-state index in [4.69, 9.17) is 4.42 Å². The van der Waals surface area contributed by atoms with Gasteiger partial charge in [0.1, 0.15) is 28.2 Å². The van der Waals surface area contributed by atoms with Gasteiger partial charge in [-0.25, -0.2) is 0 Å². The summed E-state index contributed by atoms with van der Waals surface area (Å²) in [5.74, 6) is 0.0862. The Hall–Kier alpha value is -3.27. The van der Waals surface area contributed by atoms with E-state index in [9.17, 15) is 15.0 Å².